The lowest BCUT2D eigenvalue weighted by Gasteiger charge is -2.12. The highest BCUT2D eigenvalue weighted by Gasteiger charge is 2.33. The van der Waals surface area contributed by atoms with Crippen molar-refractivity contribution in [2.24, 2.45) is 0 Å². The van der Waals surface area contributed by atoms with Gasteiger partial charge in [0, 0.05) is 24.0 Å². The fraction of sp³-hybridized carbons (Fsp3) is 0.105. The maximum absolute atomic E-state index is 12.0. The molecule has 1 aliphatic rings. The monoisotopic (exact) mass is 319 g/mol. The van der Waals surface area contributed by atoms with Crippen molar-refractivity contribution < 1.29 is 19.2 Å². The highest BCUT2D eigenvalue weighted by atomic mass is 16.7. The average Bonchev–Trinajstić information content (AvgIpc) is 2.93. The standard InChI is InChI=1S/C19H13NO4/c21-17-12-13-18(22)20(17)24-19(23)16-10-8-15(9-11-16)7-6-14-4-2-1-3-5-14/h1-5,8-11H,12-13H2. The maximum atomic E-state index is 12.0. The molecule has 0 N–H and O–H groups in total. The zero-order valence-electron chi connectivity index (χ0n) is 12.7. The van der Waals surface area contributed by atoms with Crippen LogP contribution in [-0.4, -0.2) is 22.8 Å². The van der Waals surface area contributed by atoms with Crippen molar-refractivity contribution in [1.29, 1.82) is 0 Å². The van der Waals surface area contributed by atoms with Gasteiger partial charge in [0.15, 0.2) is 0 Å². The molecule has 3 rings (SSSR count). The number of amides is 2. The molecular formula is C19H13NO4. The summed E-state index contributed by atoms with van der Waals surface area (Å²) in [6.07, 6.45) is 0.139. The topological polar surface area (TPSA) is 63.7 Å². The normalized spacial score (nSPS) is 13.4. The number of rotatable bonds is 2. The Bertz CT molecular complexity index is 828. The van der Waals surface area contributed by atoms with Gasteiger partial charge >= 0.3 is 5.97 Å². The van der Waals surface area contributed by atoms with Crippen LogP contribution in [0.1, 0.15) is 34.3 Å². The zero-order valence-corrected chi connectivity index (χ0v) is 12.7. The fourth-order valence-electron chi connectivity index (χ4n) is 2.15. The van der Waals surface area contributed by atoms with Crippen molar-refractivity contribution >= 4 is 17.8 Å². The van der Waals surface area contributed by atoms with Crippen molar-refractivity contribution in [1.82, 2.24) is 5.06 Å². The van der Waals surface area contributed by atoms with Gasteiger partial charge in [-0.2, -0.15) is 0 Å². The van der Waals surface area contributed by atoms with Crippen LogP contribution in [0.5, 0.6) is 0 Å². The second-order valence-corrected chi connectivity index (χ2v) is 5.15. The lowest BCUT2D eigenvalue weighted by atomic mass is 10.1. The third-order valence-corrected chi connectivity index (χ3v) is 3.43. The molecule has 0 aliphatic carbocycles. The molecule has 24 heavy (non-hydrogen) atoms. The first-order chi connectivity index (χ1) is 11.6. The predicted octanol–water partition coefficient (Wildman–Crippen LogP) is 2.31. The Kier molecular flexibility index (Phi) is 4.39. The molecule has 1 fully saturated rings. The Labute approximate surface area is 138 Å². The number of carbonyl (C=O) groups is 3. The van der Waals surface area contributed by atoms with Crippen molar-refractivity contribution in [2.45, 2.75) is 12.8 Å². The molecule has 0 unspecified atom stereocenters. The quantitative estimate of drug-likeness (QED) is 0.629. The van der Waals surface area contributed by atoms with Gasteiger partial charge < -0.3 is 4.84 Å². The smallest absolute Gasteiger partial charge is 0.325 e. The van der Waals surface area contributed by atoms with Gasteiger partial charge in [0.1, 0.15) is 0 Å². The van der Waals surface area contributed by atoms with E-state index < -0.39 is 17.8 Å². The van der Waals surface area contributed by atoms with E-state index in [2.05, 4.69) is 11.8 Å². The van der Waals surface area contributed by atoms with Crippen molar-refractivity contribution in [3.8, 4) is 11.8 Å². The predicted molar refractivity (Wildman–Crippen MR) is 85.4 cm³/mol. The van der Waals surface area contributed by atoms with Crippen LogP contribution in [0.15, 0.2) is 54.6 Å². The summed E-state index contributed by atoms with van der Waals surface area (Å²) in [5, 5.41) is 0.533. The molecular weight excluding hydrogens is 306 g/mol. The van der Waals surface area contributed by atoms with Gasteiger partial charge in [-0.25, -0.2) is 4.79 Å². The lowest BCUT2D eigenvalue weighted by molar-refractivity contribution is -0.172. The van der Waals surface area contributed by atoms with Crippen LogP contribution in [0.3, 0.4) is 0 Å². The van der Waals surface area contributed by atoms with E-state index >= 15 is 0 Å². The average molecular weight is 319 g/mol. The van der Waals surface area contributed by atoms with Gasteiger partial charge in [-0.1, -0.05) is 30.0 Å². The first kappa shape index (κ1) is 15.5. The minimum atomic E-state index is -0.749. The molecule has 0 atom stereocenters. The van der Waals surface area contributed by atoms with Crippen molar-refractivity contribution in [3.63, 3.8) is 0 Å². The molecule has 0 radical (unpaired) electrons. The van der Waals surface area contributed by atoms with Crippen LogP contribution in [0.25, 0.3) is 0 Å². The Hall–Kier alpha value is -3.39. The molecule has 5 nitrogen and oxygen atoms in total. The van der Waals surface area contributed by atoms with Crippen LogP contribution >= 0.6 is 0 Å². The zero-order chi connectivity index (χ0) is 16.9. The molecule has 1 heterocycles. The summed E-state index contributed by atoms with van der Waals surface area (Å²) in [6.45, 7) is 0. The number of hydrogen-bond donors (Lipinski definition) is 0. The summed E-state index contributed by atoms with van der Waals surface area (Å²) < 4.78 is 0. The molecule has 118 valence electrons. The summed E-state index contributed by atoms with van der Waals surface area (Å²) in [5.41, 5.74) is 1.88. The molecule has 2 aromatic carbocycles. The SMILES string of the molecule is O=C(ON1C(=O)CCC1=O)c1ccc(C#Cc2ccccc2)cc1. The van der Waals surface area contributed by atoms with Gasteiger partial charge in [-0.05, 0) is 36.4 Å². The number of imide groups is 1. The van der Waals surface area contributed by atoms with Crippen LogP contribution in [0.4, 0.5) is 0 Å². The number of nitrogens with zero attached hydrogens (tertiary/aromatic N) is 1. The number of hydroxylamine groups is 2. The Morgan fingerprint density at radius 1 is 0.833 bits per heavy atom. The van der Waals surface area contributed by atoms with E-state index in [-0.39, 0.29) is 18.4 Å². The van der Waals surface area contributed by atoms with Gasteiger partial charge in [0.25, 0.3) is 11.8 Å². The first-order valence-electron chi connectivity index (χ1n) is 7.39. The maximum Gasteiger partial charge on any atom is 0.363 e. The van der Waals surface area contributed by atoms with E-state index in [1.54, 1.807) is 24.3 Å². The highest BCUT2D eigenvalue weighted by Crippen LogP contribution is 2.14. The lowest BCUT2D eigenvalue weighted by Crippen LogP contribution is -2.32. The third-order valence-electron chi connectivity index (χ3n) is 3.43. The second-order valence-electron chi connectivity index (χ2n) is 5.15. The van der Waals surface area contributed by atoms with E-state index in [9.17, 15) is 14.4 Å². The summed E-state index contributed by atoms with van der Waals surface area (Å²) in [4.78, 5) is 39.7. The van der Waals surface area contributed by atoms with Crippen LogP contribution in [0.2, 0.25) is 0 Å². The minimum Gasteiger partial charge on any atom is -0.325 e. The van der Waals surface area contributed by atoms with E-state index in [0.29, 0.717) is 5.06 Å². The molecule has 1 saturated heterocycles. The summed E-state index contributed by atoms with van der Waals surface area (Å²) >= 11 is 0. The Morgan fingerprint density at radius 3 is 1.96 bits per heavy atom. The molecule has 0 saturated carbocycles. The number of hydrogen-bond acceptors (Lipinski definition) is 4. The molecule has 0 bridgehead atoms. The summed E-state index contributed by atoms with van der Waals surface area (Å²) in [7, 11) is 0. The molecule has 2 amide bonds. The minimum absolute atomic E-state index is 0.0696. The van der Waals surface area contributed by atoms with Gasteiger partial charge in [0.2, 0.25) is 0 Å². The summed E-state index contributed by atoms with van der Waals surface area (Å²) in [5.74, 6) is 4.26. The van der Waals surface area contributed by atoms with Gasteiger partial charge in [-0.15, -0.1) is 5.06 Å². The molecule has 0 aromatic heterocycles. The Morgan fingerprint density at radius 2 is 1.38 bits per heavy atom. The molecule has 1 aliphatic heterocycles. The van der Waals surface area contributed by atoms with E-state index in [0.717, 1.165) is 11.1 Å². The third kappa shape index (κ3) is 3.50. The van der Waals surface area contributed by atoms with Gasteiger partial charge in [-0.3, -0.25) is 9.59 Å². The van der Waals surface area contributed by atoms with Crippen LogP contribution in [-0.2, 0) is 14.4 Å². The molecule has 0 spiro atoms. The van der Waals surface area contributed by atoms with Crippen LogP contribution in [0, 0.1) is 11.8 Å². The van der Waals surface area contributed by atoms with Gasteiger partial charge in [0.05, 0.1) is 5.56 Å². The van der Waals surface area contributed by atoms with Crippen molar-refractivity contribution in [3.05, 3.63) is 71.3 Å². The fourth-order valence-corrected chi connectivity index (χ4v) is 2.15. The van der Waals surface area contributed by atoms with Crippen molar-refractivity contribution in [2.75, 3.05) is 0 Å². The molecule has 2 aromatic rings. The van der Waals surface area contributed by atoms with E-state index in [1.807, 2.05) is 30.3 Å². The highest BCUT2D eigenvalue weighted by molar-refractivity contribution is 6.02. The van der Waals surface area contributed by atoms with Crippen LogP contribution < -0.4 is 0 Å². The van der Waals surface area contributed by atoms with E-state index in [4.69, 9.17) is 4.84 Å². The molecule has 5 heteroatoms. The Balaban J connectivity index is 1.68. The second kappa shape index (κ2) is 6.80. The number of benzene rings is 2. The summed E-state index contributed by atoms with van der Waals surface area (Å²) in [6, 6.07) is 16.0. The first-order valence-corrected chi connectivity index (χ1v) is 7.39. The number of carbonyl (C=O) groups excluding carboxylic acids is 3. The van der Waals surface area contributed by atoms with E-state index in [1.165, 1.54) is 0 Å². The largest absolute Gasteiger partial charge is 0.363 e.